The van der Waals surface area contributed by atoms with Crippen LogP contribution in [0.25, 0.3) is 0 Å². The molecular formula is C14H28ClN3O2. The van der Waals surface area contributed by atoms with Crippen molar-refractivity contribution in [2.75, 3.05) is 19.6 Å². The minimum atomic E-state index is -0.389. The molecule has 5 nitrogen and oxygen atoms in total. The fourth-order valence-electron chi connectivity index (χ4n) is 2.42. The predicted molar refractivity (Wildman–Crippen MR) is 82.6 cm³/mol. The first-order valence-electron chi connectivity index (χ1n) is 7.12. The van der Waals surface area contributed by atoms with Gasteiger partial charge in [-0.05, 0) is 25.3 Å². The summed E-state index contributed by atoms with van der Waals surface area (Å²) in [5.74, 6) is 0.466. The number of hydrogen-bond donors (Lipinski definition) is 3. The van der Waals surface area contributed by atoms with Crippen LogP contribution in [0.4, 0.5) is 0 Å². The first-order valence-corrected chi connectivity index (χ1v) is 7.12. The molecule has 1 rings (SSSR count). The molecule has 0 radical (unpaired) electrons. The van der Waals surface area contributed by atoms with E-state index in [0.717, 1.165) is 19.3 Å². The molecule has 1 saturated carbocycles. The monoisotopic (exact) mass is 305 g/mol. The van der Waals surface area contributed by atoms with Crippen LogP contribution in [-0.4, -0.2) is 31.4 Å². The summed E-state index contributed by atoms with van der Waals surface area (Å²) < 4.78 is 0. The lowest BCUT2D eigenvalue weighted by Gasteiger charge is -2.19. The van der Waals surface area contributed by atoms with Gasteiger partial charge in [0.1, 0.15) is 0 Å². The van der Waals surface area contributed by atoms with Gasteiger partial charge in [0.15, 0.2) is 0 Å². The first kappa shape index (κ1) is 19.2. The maximum absolute atomic E-state index is 12.0. The molecular weight excluding hydrogens is 278 g/mol. The molecule has 0 aromatic carbocycles. The number of nitrogens with two attached hydrogens (primary N) is 1. The van der Waals surface area contributed by atoms with Gasteiger partial charge in [0.05, 0.1) is 0 Å². The number of halogens is 1. The summed E-state index contributed by atoms with van der Waals surface area (Å²) >= 11 is 0. The Morgan fingerprint density at radius 1 is 1.15 bits per heavy atom. The van der Waals surface area contributed by atoms with E-state index < -0.39 is 0 Å². The second-order valence-corrected chi connectivity index (χ2v) is 6.33. The van der Waals surface area contributed by atoms with Crippen molar-refractivity contribution in [3.63, 3.8) is 0 Å². The average molecular weight is 306 g/mol. The quantitative estimate of drug-likeness (QED) is 0.664. The van der Waals surface area contributed by atoms with Gasteiger partial charge in [-0.25, -0.2) is 0 Å². The highest BCUT2D eigenvalue weighted by molar-refractivity contribution is 5.85. The fraction of sp³-hybridized carbons (Fsp3) is 0.857. The molecule has 0 aliphatic heterocycles. The number of carbonyl (C=O) groups excluding carboxylic acids is 2. The molecule has 1 aliphatic carbocycles. The summed E-state index contributed by atoms with van der Waals surface area (Å²) in [6.07, 6.45) is 3.07. The standard InChI is InChI=1S/C14H27N3O2.ClH/c1-14(2,3)13(19)17-8-7-16-12(18)11-6-4-5-10(11)9-15;/h10-11H,4-9,15H2,1-3H3,(H,16,18)(H,17,19);1H/t10-,11-;/m1./s1. The van der Waals surface area contributed by atoms with Crippen LogP contribution in [0, 0.1) is 17.3 Å². The van der Waals surface area contributed by atoms with Gasteiger partial charge in [-0.15, -0.1) is 12.4 Å². The van der Waals surface area contributed by atoms with Crippen molar-refractivity contribution in [3.05, 3.63) is 0 Å². The number of amides is 2. The van der Waals surface area contributed by atoms with E-state index in [4.69, 9.17) is 5.73 Å². The molecule has 0 heterocycles. The van der Waals surface area contributed by atoms with Gasteiger partial charge >= 0.3 is 0 Å². The summed E-state index contributed by atoms with van der Waals surface area (Å²) in [4.78, 5) is 23.6. The number of nitrogens with one attached hydrogen (secondary N) is 2. The van der Waals surface area contributed by atoms with Crippen LogP contribution in [0.15, 0.2) is 0 Å². The lowest BCUT2D eigenvalue weighted by molar-refractivity contribution is -0.129. The summed E-state index contributed by atoms with van der Waals surface area (Å²) in [5, 5.41) is 5.70. The van der Waals surface area contributed by atoms with Gasteiger partial charge in [-0.2, -0.15) is 0 Å². The number of rotatable bonds is 5. The van der Waals surface area contributed by atoms with Crippen molar-refractivity contribution in [1.29, 1.82) is 0 Å². The summed E-state index contributed by atoms with van der Waals surface area (Å²) in [7, 11) is 0. The lowest BCUT2D eigenvalue weighted by Crippen LogP contribution is -2.42. The van der Waals surface area contributed by atoms with Gasteiger partial charge in [0, 0.05) is 24.4 Å². The third kappa shape index (κ3) is 5.67. The van der Waals surface area contributed by atoms with Crippen LogP contribution >= 0.6 is 12.4 Å². The van der Waals surface area contributed by atoms with E-state index in [1.54, 1.807) is 0 Å². The Labute approximate surface area is 127 Å². The molecule has 2 amide bonds. The maximum atomic E-state index is 12.0. The Balaban J connectivity index is 0.00000361. The highest BCUT2D eigenvalue weighted by Crippen LogP contribution is 2.30. The van der Waals surface area contributed by atoms with Gasteiger partial charge in [0.25, 0.3) is 0 Å². The normalized spacial score (nSPS) is 22.0. The van der Waals surface area contributed by atoms with E-state index in [2.05, 4.69) is 10.6 Å². The van der Waals surface area contributed by atoms with E-state index in [9.17, 15) is 9.59 Å². The largest absolute Gasteiger partial charge is 0.354 e. The van der Waals surface area contributed by atoms with Gasteiger partial charge in [-0.3, -0.25) is 9.59 Å². The first-order chi connectivity index (χ1) is 8.86. The Kier molecular flexibility index (Phi) is 8.13. The zero-order valence-corrected chi connectivity index (χ0v) is 13.5. The smallest absolute Gasteiger partial charge is 0.225 e. The predicted octanol–water partition coefficient (Wildman–Crippen LogP) is 1.06. The van der Waals surface area contributed by atoms with E-state index in [0.29, 0.717) is 25.6 Å². The van der Waals surface area contributed by atoms with Gasteiger partial charge in [-0.1, -0.05) is 27.2 Å². The van der Waals surface area contributed by atoms with Crippen LogP contribution < -0.4 is 16.4 Å². The minimum Gasteiger partial charge on any atom is -0.354 e. The van der Waals surface area contributed by atoms with E-state index in [-0.39, 0.29) is 35.6 Å². The zero-order chi connectivity index (χ0) is 14.5. The molecule has 0 saturated heterocycles. The molecule has 0 aromatic heterocycles. The average Bonchev–Trinajstić information content (AvgIpc) is 2.81. The molecule has 20 heavy (non-hydrogen) atoms. The molecule has 0 aromatic rings. The van der Waals surface area contributed by atoms with E-state index >= 15 is 0 Å². The molecule has 0 bridgehead atoms. The van der Waals surface area contributed by atoms with Gasteiger partial charge in [0.2, 0.25) is 11.8 Å². The lowest BCUT2D eigenvalue weighted by atomic mass is 9.95. The van der Waals surface area contributed by atoms with Crippen LogP contribution in [0.5, 0.6) is 0 Å². The number of hydrogen-bond acceptors (Lipinski definition) is 3. The third-order valence-electron chi connectivity index (χ3n) is 3.69. The fourth-order valence-corrected chi connectivity index (χ4v) is 2.42. The molecule has 6 heteroatoms. The van der Waals surface area contributed by atoms with Crippen molar-refractivity contribution in [1.82, 2.24) is 10.6 Å². The minimum absolute atomic E-state index is 0. The molecule has 1 fully saturated rings. The van der Waals surface area contributed by atoms with Crippen molar-refractivity contribution in [3.8, 4) is 0 Å². The molecule has 4 N–H and O–H groups in total. The summed E-state index contributed by atoms with van der Waals surface area (Å²) in [5.41, 5.74) is 5.28. The van der Waals surface area contributed by atoms with Crippen LogP contribution in [0.3, 0.4) is 0 Å². The Morgan fingerprint density at radius 2 is 1.75 bits per heavy atom. The molecule has 1 aliphatic rings. The zero-order valence-electron chi connectivity index (χ0n) is 12.7. The summed E-state index contributed by atoms with van der Waals surface area (Å²) in [6.45, 7) is 7.14. The van der Waals surface area contributed by atoms with E-state index in [1.807, 2.05) is 20.8 Å². The van der Waals surface area contributed by atoms with E-state index in [1.165, 1.54) is 0 Å². The molecule has 2 atom stereocenters. The third-order valence-corrected chi connectivity index (χ3v) is 3.69. The molecule has 0 spiro atoms. The van der Waals surface area contributed by atoms with Crippen LogP contribution in [0.1, 0.15) is 40.0 Å². The Hall–Kier alpha value is -0.810. The SMILES string of the molecule is CC(C)(C)C(=O)NCCNC(=O)[C@@H]1CCC[C@@H]1CN.Cl. The van der Waals surface area contributed by atoms with Crippen molar-refractivity contribution in [2.45, 2.75) is 40.0 Å². The Morgan fingerprint density at radius 3 is 2.30 bits per heavy atom. The maximum Gasteiger partial charge on any atom is 0.225 e. The van der Waals surface area contributed by atoms with Crippen molar-refractivity contribution in [2.24, 2.45) is 23.0 Å². The molecule has 118 valence electrons. The number of carbonyl (C=O) groups is 2. The highest BCUT2D eigenvalue weighted by Gasteiger charge is 2.31. The second-order valence-electron chi connectivity index (χ2n) is 6.33. The highest BCUT2D eigenvalue weighted by atomic mass is 35.5. The van der Waals surface area contributed by atoms with Gasteiger partial charge < -0.3 is 16.4 Å². The topological polar surface area (TPSA) is 84.2 Å². The second kappa shape index (κ2) is 8.47. The van der Waals surface area contributed by atoms with Crippen molar-refractivity contribution < 1.29 is 9.59 Å². The Bertz CT molecular complexity index is 329. The molecule has 0 unspecified atom stereocenters. The van der Waals surface area contributed by atoms with Crippen LogP contribution in [-0.2, 0) is 9.59 Å². The summed E-state index contributed by atoms with van der Waals surface area (Å²) in [6, 6.07) is 0. The van der Waals surface area contributed by atoms with Crippen molar-refractivity contribution >= 4 is 24.2 Å². The van der Waals surface area contributed by atoms with Crippen LogP contribution in [0.2, 0.25) is 0 Å².